The zero-order valence-corrected chi connectivity index (χ0v) is 8.64. The van der Waals surface area contributed by atoms with E-state index < -0.39 is 5.91 Å². The smallest absolute Gasteiger partial charge is 0.267 e. The fraction of sp³-hybridized carbons (Fsp3) is 0. The topological polar surface area (TPSA) is 113 Å². The first-order valence-corrected chi connectivity index (χ1v) is 4.89. The van der Waals surface area contributed by atoms with Crippen LogP contribution >= 0.6 is 0 Å². The van der Waals surface area contributed by atoms with Gasteiger partial charge in [0.05, 0.1) is 11.9 Å². The van der Waals surface area contributed by atoms with E-state index in [-0.39, 0.29) is 5.69 Å². The number of rotatable bonds is 2. The number of hydrogen-bond donors (Lipinski definition) is 3. The Kier molecular flexibility index (Phi) is 1.91. The minimum absolute atomic E-state index is 0.186. The summed E-state index contributed by atoms with van der Waals surface area (Å²) in [6.45, 7) is 0. The van der Waals surface area contributed by atoms with Gasteiger partial charge in [-0.1, -0.05) is 0 Å². The van der Waals surface area contributed by atoms with Crippen molar-refractivity contribution in [2.45, 2.75) is 0 Å². The van der Waals surface area contributed by atoms with Gasteiger partial charge in [0.2, 0.25) is 0 Å². The van der Waals surface area contributed by atoms with Crippen LogP contribution in [0.4, 0.5) is 0 Å². The van der Waals surface area contributed by atoms with Gasteiger partial charge in [0.1, 0.15) is 5.69 Å². The lowest BCUT2D eigenvalue weighted by molar-refractivity contribution is 0.0996. The van der Waals surface area contributed by atoms with Gasteiger partial charge in [0, 0.05) is 17.1 Å². The molecular formula is C10H8N6O. The summed E-state index contributed by atoms with van der Waals surface area (Å²) in [5.74, 6) is -0.581. The quantitative estimate of drug-likeness (QED) is 0.590. The lowest BCUT2D eigenvalue weighted by atomic mass is 10.1. The highest BCUT2D eigenvalue weighted by molar-refractivity contribution is 5.98. The first-order valence-electron chi connectivity index (χ1n) is 4.89. The molecule has 7 heteroatoms. The molecule has 0 saturated carbocycles. The Morgan fingerprint density at radius 1 is 1.29 bits per heavy atom. The molecular weight excluding hydrogens is 220 g/mol. The minimum atomic E-state index is -0.581. The van der Waals surface area contributed by atoms with E-state index in [0.717, 1.165) is 16.6 Å². The van der Waals surface area contributed by atoms with E-state index in [0.29, 0.717) is 5.65 Å². The van der Waals surface area contributed by atoms with Crippen LogP contribution in [0.2, 0.25) is 0 Å². The van der Waals surface area contributed by atoms with Gasteiger partial charge in [-0.05, 0) is 12.1 Å². The fourth-order valence-electron chi connectivity index (χ4n) is 1.68. The standard InChI is InChI=1S/C10H8N6O/c11-9(17)8-3-5(7-1-2-12-15-7)6-4-13-16-10(6)14-8/h1-4H,(H2,11,17)(H,12,15)(H,13,14,16). The van der Waals surface area contributed by atoms with Crippen molar-refractivity contribution in [2.24, 2.45) is 5.73 Å². The van der Waals surface area contributed by atoms with E-state index in [1.807, 2.05) is 0 Å². The molecule has 1 amide bonds. The summed E-state index contributed by atoms with van der Waals surface area (Å²) >= 11 is 0. The molecule has 4 N–H and O–H groups in total. The van der Waals surface area contributed by atoms with Crippen molar-refractivity contribution in [3.8, 4) is 11.3 Å². The maximum atomic E-state index is 11.2. The predicted octanol–water partition coefficient (Wildman–Crippen LogP) is 0.447. The molecule has 0 bridgehead atoms. The van der Waals surface area contributed by atoms with Crippen LogP contribution in [0.3, 0.4) is 0 Å². The van der Waals surface area contributed by atoms with Crippen molar-refractivity contribution in [1.82, 2.24) is 25.4 Å². The first kappa shape index (κ1) is 9.52. The summed E-state index contributed by atoms with van der Waals surface area (Å²) in [5.41, 5.74) is 7.51. The summed E-state index contributed by atoms with van der Waals surface area (Å²) in [6.07, 6.45) is 3.27. The summed E-state index contributed by atoms with van der Waals surface area (Å²) < 4.78 is 0. The summed E-state index contributed by atoms with van der Waals surface area (Å²) in [5, 5.41) is 14.1. The van der Waals surface area contributed by atoms with Gasteiger partial charge in [0.15, 0.2) is 5.65 Å². The van der Waals surface area contributed by atoms with Crippen LogP contribution in [0.1, 0.15) is 10.5 Å². The lowest BCUT2D eigenvalue weighted by Crippen LogP contribution is -2.13. The number of hydrogen-bond acceptors (Lipinski definition) is 4. The molecule has 0 radical (unpaired) electrons. The van der Waals surface area contributed by atoms with E-state index in [2.05, 4.69) is 25.4 Å². The number of carbonyl (C=O) groups excluding carboxylic acids is 1. The molecule has 0 aliphatic carbocycles. The molecule has 3 aromatic rings. The van der Waals surface area contributed by atoms with Gasteiger partial charge in [0.25, 0.3) is 5.91 Å². The van der Waals surface area contributed by atoms with Gasteiger partial charge in [-0.2, -0.15) is 10.2 Å². The van der Waals surface area contributed by atoms with Crippen LogP contribution < -0.4 is 5.73 Å². The van der Waals surface area contributed by atoms with E-state index in [4.69, 9.17) is 5.73 Å². The highest BCUT2D eigenvalue weighted by atomic mass is 16.1. The molecule has 0 unspecified atom stereocenters. The number of nitrogens with two attached hydrogens (primary N) is 1. The second kappa shape index (κ2) is 3.41. The summed E-state index contributed by atoms with van der Waals surface area (Å²) in [6, 6.07) is 3.42. The van der Waals surface area contributed by atoms with Crippen LogP contribution in [0.15, 0.2) is 24.5 Å². The van der Waals surface area contributed by atoms with Gasteiger partial charge in [-0.3, -0.25) is 15.0 Å². The number of pyridine rings is 1. The Labute approximate surface area is 95.1 Å². The van der Waals surface area contributed by atoms with Crippen LogP contribution in [-0.4, -0.2) is 31.3 Å². The van der Waals surface area contributed by atoms with Crippen molar-refractivity contribution >= 4 is 16.9 Å². The van der Waals surface area contributed by atoms with Crippen LogP contribution in [0.5, 0.6) is 0 Å². The van der Waals surface area contributed by atoms with Gasteiger partial charge in [-0.15, -0.1) is 0 Å². The molecule has 3 heterocycles. The number of H-pyrrole nitrogens is 2. The van der Waals surface area contributed by atoms with Crippen LogP contribution in [0, 0.1) is 0 Å². The average molecular weight is 228 g/mol. The van der Waals surface area contributed by atoms with Crippen molar-refractivity contribution in [3.63, 3.8) is 0 Å². The Bertz CT molecular complexity index is 684. The Balaban J connectivity index is 2.35. The molecule has 7 nitrogen and oxygen atoms in total. The molecule has 0 aliphatic rings. The van der Waals surface area contributed by atoms with E-state index >= 15 is 0 Å². The van der Waals surface area contributed by atoms with Crippen molar-refractivity contribution in [1.29, 1.82) is 0 Å². The van der Waals surface area contributed by atoms with Crippen molar-refractivity contribution < 1.29 is 4.79 Å². The third kappa shape index (κ3) is 1.44. The first-order chi connectivity index (χ1) is 8.25. The third-order valence-corrected chi connectivity index (χ3v) is 2.47. The van der Waals surface area contributed by atoms with E-state index in [1.165, 1.54) is 0 Å². The second-order valence-corrected chi connectivity index (χ2v) is 3.52. The number of aromatic amines is 2. The maximum absolute atomic E-state index is 11.2. The highest BCUT2D eigenvalue weighted by Crippen LogP contribution is 2.25. The zero-order chi connectivity index (χ0) is 11.8. The second-order valence-electron chi connectivity index (χ2n) is 3.52. The number of aromatic nitrogens is 5. The molecule has 3 aromatic heterocycles. The highest BCUT2D eigenvalue weighted by Gasteiger charge is 2.12. The lowest BCUT2D eigenvalue weighted by Gasteiger charge is -2.02. The van der Waals surface area contributed by atoms with Crippen molar-refractivity contribution in [2.75, 3.05) is 0 Å². The maximum Gasteiger partial charge on any atom is 0.267 e. The predicted molar refractivity (Wildman–Crippen MR) is 60.0 cm³/mol. The Hall–Kier alpha value is -2.70. The average Bonchev–Trinajstić information content (AvgIpc) is 2.98. The van der Waals surface area contributed by atoms with Gasteiger partial charge < -0.3 is 5.73 Å². The molecule has 84 valence electrons. The Morgan fingerprint density at radius 2 is 2.18 bits per heavy atom. The van der Waals surface area contributed by atoms with Crippen LogP contribution in [-0.2, 0) is 0 Å². The molecule has 0 aliphatic heterocycles. The largest absolute Gasteiger partial charge is 0.364 e. The SMILES string of the molecule is NC(=O)c1cc(-c2ccn[nH]2)c2cn[nH]c2n1. The summed E-state index contributed by atoms with van der Waals surface area (Å²) in [4.78, 5) is 15.3. The number of nitrogens with zero attached hydrogens (tertiary/aromatic N) is 3. The van der Waals surface area contributed by atoms with Gasteiger partial charge in [-0.25, -0.2) is 4.98 Å². The molecule has 0 aromatic carbocycles. The molecule has 0 fully saturated rings. The zero-order valence-electron chi connectivity index (χ0n) is 8.64. The summed E-state index contributed by atoms with van der Waals surface area (Å²) in [7, 11) is 0. The number of nitrogens with one attached hydrogen (secondary N) is 2. The van der Waals surface area contributed by atoms with Crippen molar-refractivity contribution in [3.05, 3.63) is 30.2 Å². The number of fused-ring (bicyclic) bond motifs is 1. The third-order valence-electron chi connectivity index (χ3n) is 2.47. The van der Waals surface area contributed by atoms with E-state index in [9.17, 15) is 4.79 Å². The Morgan fingerprint density at radius 3 is 2.88 bits per heavy atom. The van der Waals surface area contributed by atoms with Gasteiger partial charge >= 0.3 is 0 Å². The normalized spacial score (nSPS) is 10.8. The monoisotopic (exact) mass is 228 g/mol. The molecule has 0 atom stereocenters. The number of primary amides is 1. The molecule has 0 spiro atoms. The van der Waals surface area contributed by atoms with Crippen LogP contribution in [0.25, 0.3) is 22.3 Å². The molecule has 0 saturated heterocycles. The van der Waals surface area contributed by atoms with E-state index in [1.54, 1.807) is 24.5 Å². The molecule has 17 heavy (non-hydrogen) atoms. The minimum Gasteiger partial charge on any atom is -0.364 e. The number of amides is 1. The molecule has 3 rings (SSSR count). The number of carbonyl (C=O) groups is 1. The fourth-order valence-corrected chi connectivity index (χ4v) is 1.68.